The van der Waals surface area contributed by atoms with Crippen LogP contribution in [0, 0.1) is 5.41 Å². The molecule has 1 aromatic rings. The van der Waals surface area contributed by atoms with Gasteiger partial charge >= 0.3 is 0 Å². The van der Waals surface area contributed by atoms with Crippen molar-refractivity contribution in [2.24, 2.45) is 5.41 Å². The van der Waals surface area contributed by atoms with Gasteiger partial charge in [0, 0.05) is 6.04 Å². The lowest BCUT2D eigenvalue weighted by atomic mass is 9.92. The summed E-state index contributed by atoms with van der Waals surface area (Å²) in [5.74, 6) is 0.599. The van der Waals surface area contributed by atoms with E-state index in [4.69, 9.17) is 4.74 Å². The minimum Gasteiger partial charge on any atom is -0.496 e. The van der Waals surface area contributed by atoms with E-state index in [1.165, 1.54) is 6.42 Å². The van der Waals surface area contributed by atoms with Crippen molar-refractivity contribution in [1.82, 2.24) is 5.32 Å². The topological polar surface area (TPSA) is 38.3 Å². The maximum Gasteiger partial charge on any atom is 0.255 e. The molecule has 1 amide bonds. The van der Waals surface area contributed by atoms with Crippen LogP contribution in [-0.2, 0) is 0 Å². The van der Waals surface area contributed by atoms with E-state index in [-0.39, 0.29) is 11.9 Å². The molecule has 98 valence electrons. The number of carbonyl (C=O) groups is 1. The molecule has 1 saturated carbocycles. The zero-order valence-electron chi connectivity index (χ0n) is 11.3. The van der Waals surface area contributed by atoms with E-state index in [0.717, 1.165) is 12.8 Å². The molecule has 0 aromatic heterocycles. The predicted molar refractivity (Wildman–Crippen MR) is 71.9 cm³/mol. The molecule has 0 heterocycles. The monoisotopic (exact) mass is 247 g/mol. The Hall–Kier alpha value is -1.51. The summed E-state index contributed by atoms with van der Waals surface area (Å²) < 4.78 is 5.21. The van der Waals surface area contributed by atoms with E-state index in [1.54, 1.807) is 13.2 Å². The first-order valence-electron chi connectivity index (χ1n) is 6.46. The Labute approximate surface area is 109 Å². The third kappa shape index (κ3) is 2.84. The summed E-state index contributed by atoms with van der Waals surface area (Å²) >= 11 is 0. The fourth-order valence-corrected chi connectivity index (χ4v) is 2.65. The molecule has 18 heavy (non-hydrogen) atoms. The third-order valence-electron chi connectivity index (χ3n) is 3.66. The Bertz CT molecular complexity index is 440. The molecule has 1 N–H and O–H groups in total. The highest BCUT2D eigenvalue weighted by Crippen LogP contribution is 2.37. The van der Waals surface area contributed by atoms with Crippen LogP contribution in [0.15, 0.2) is 24.3 Å². The molecule has 0 radical (unpaired) electrons. The van der Waals surface area contributed by atoms with Gasteiger partial charge in [0.2, 0.25) is 0 Å². The van der Waals surface area contributed by atoms with Crippen molar-refractivity contribution in [2.45, 2.75) is 39.2 Å². The number of hydrogen-bond donors (Lipinski definition) is 1. The van der Waals surface area contributed by atoms with Crippen molar-refractivity contribution < 1.29 is 9.53 Å². The number of rotatable bonds is 3. The SMILES string of the molecule is COc1ccccc1C(=O)NC1CCC(C)(C)C1. The van der Waals surface area contributed by atoms with E-state index in [2.05, 4.69) is 19.2 Å². The van der Waals surface area contributed by atoms with Crippen LogP contribution in [0.25, 0.3) is 0 Å². The van der Waals surface area contributed by atoms with E-state index in [0.29, 0.717) is 16.7 Å². The van der Waals surface area contributed by atoms with Crippen molar-refractivity contribution in [2.75, 3.05) is 7.11 Å². The zero-order chi connectivity index (χ0) is 13.2. The van der Waals surface area contributed by atoms with Crippen LogP contribution in [0.5, 0.6) is 5.75 Å². The molecular formula is C15H21NO2. The van der Waals surface area contributed by atoms with E-state index < -0.39 is 0 Å². The van der Waals surface area contributed by atoms with Crippen molar-refractivity contribution in [1.29, 1.82) is 0 Å². The number of benzene rings is 1. The molecule has 0 saturated heterocycles. The van der Waals surface area contributed by atoms with Crippen LogP contribution < -0.4 is 10.1 Å². The molecule has 0 aliphatic heterocycles. The van der Waals surface area contributed by atoms with Crippen molar-refractivity contribution >= 4 is 5.91 Å². The standard InChI is InChI=1S/C15H21NO2/c1-15(2)9-8-11(10-15)16-14(17)12-6-4-5-7-13(12)18-3/h4-7,11H,8-10H2,1-3H3,(H,16,17). The van der Waals surface area contributed by atoms with Crippen molar-refractivity contribution in [3.8, 4) is 5.75 Å². The predicted octanol–water partition coefficient (Wildman–Crippen LogP) is 3.00. The summed E-state index contributed by atoms with van der Waals surface area (Å²) in [6, 6.07) is 7.63. The largest absolute Gasteiger partial charge is 0.496 e. The lowest BCUT2D eigenvalue weighted by molar-refractivity contribution is 0.0933. The molecule has 3 nitrogen and oxygen atoms in total. The van der Waals surface area contributed by atoms with E-state index >= 15 is 0 Å². The normalized spacial score (nSPS) is 21.6. The van der Waals surface area contributed by atoms with Gasteiger partial charge in [0.1, 0.15) is 5.75 Å². The Balaban J connectivity index is 2.04. The molecular weight excluding hydrogens is 226 g/mol. The zero-order valence-corrected chi connectivity index (χ0v) is 11.3. The number of nitrogens with one attached hydrogen (secondary N) is 1. The van der Waals surface area contributed by atoms with Gasteiger partial charge in [-0.25, -0.2) is 0 Å². The number of hydrogen-bond acceptors (Lipinski definition) is 2. The molecule has 1 fully saturated rings. The number of methoxy groups -OCH3 is 1. The minimum atomic E-state index is -0.0323. The van der Waals surface area contributed by atoms with Gasteiger partial charge in [0.05, 0.1) is 12.7 Å². The molecule has 1 aliphatic carbocycles. The smallest absolute Gasteiger partial charge is 0.255 e. The summed E-state index contributed by atoms with van der Waals surface area (Å²) in [4.78, 5) is 12.2. The highest BCUT2D eigenvalue weighted by atomic mass is 16.5. The van der Waals surface area contributed by atoms with Crippen molar-refractivity contribution in [3.63, 3.8) is 0 Å². The number of para-hydroxylation sites is 1. The summed E-state index contributed by atoms with van der Waals surface area (Å²) in [6.45, 7) is 4.50. The highest BCUT2D eigenvalue weighted by Gasteiger charge is 2.32. The molecule has 2 rings (SSSR count). The molecule has 1 aromatic carbocycles. The van der Waals surface area contributed by atoms with Crippen LogP contribution in [-0.4, -0.2) is 19.1 Å². The quantitative estimate of drug-likeness (QED) is 0.891. The van der Waals surface area contributed by atoms with Crippen LogP contribution >= 0.6 is 0 Å². The highest BCUT2D eigenvalue weighted by molar-refractivity contribution is 5.97. The van der Waals surface area contributed by atoms with Gasteiger partial charge in [-0.1, -0.05) is 26.0 Å². The first-order valence-corrected chi connectivity index (χ1v) is 6.46. The maximum absolute atomic E-state index is 12.2. The Morgan fingerprint density at radius 3 is 2.72 bits per heavy atom. The first-order chi connectivity index (χ1) is 8.52. The van der Waals surface area contributed by atoms with Crippen LogP contribution in [0.2, 0.25) is 0 Å². The molecule has 3 heteroatoms. The number of amides is 1. The van der Waals surface area contributed by atoms with Gasteiger partial charge in [0.25, 0.3) is 5.91 Å². The van der Waals surface area contributed by atoms with Crippen LogP contribution in [0.1, 0.15) is 43.5 Å². The molecule has 1 unspecified atom stereocenters. The molecule has 1 atom stereocenters. The van der Waals surface area contributed by atoms with Crippen LogP contribution in [0.4, 0.5) is 0 Å². The fourth-order valence-electron chi connectivity index (χ4n) is 2.65. The third-order valence-corrected chi connectivity index (χ3v) is 3.66. The summed E-state index contributed by atoms with van der Waals surface area (Å²) in [6.07, 6.45) is 3.28. The lowest BCUT2D eigenvalue weighted by Gasteiger charge is -2.18. The van der Waals surface area contributed by atoms with E-state index in [1.807, 2.05) is 18.2 Å². The second-order valence-electron chi connectivity index (χ2n) is 5.78. The van der Waals surface area contributed by atoms with E-state index in [9.17, 15) is 4.79 Å². The molecule has 0 spiro atoms. The number of carbonyl (C=O) groups excluding carboxylic acids is 1. The Kier molecular flexibility index (Phi) is 3.60. The van der Waals surface area contributed by atoms with Gasteiger partial charge < -0.3 is 10.1 Å². The minimum absolute atomic E-state index is 0.0323. The Morgan fingerprint density at radius 2 is 2.11 bits per heavy atom. The van der Waals surface area contributed by atoms with Crippen LogP contribution in [0.3, 0.4) is 0 Å². The average Bonchev–Trinajstić information content (AvgIpc) is 2.68. The summed E-state index contributed by atoms with van der Waals surface area (Å²) in [5.41, 5.74) is 0.961. The van der Waals surface area contributed by atoms with Gasteiger partial charge in [-0.05, 0) is 36.8 Å². The van der Waals surface area contributed by atoms with Gasteiger partial charge in [0.15, 0.2) is 0 Å². The maximum atomic E-state index is 12.2. The fraction of sp³-hybridized carbons (Fsp3) is 0.533. The summed E-state index contributed by atoms with van der Waals surface area (Å²) in [5, 5.41) is 3.11. The lowest BCUT2D eigenvalue weighted by Crippen LogP contribution is -2.33. The Morgan fingerprint density at radius 1 is 1.39 bits per heavy atom. The number of ether oxygens (including phenoxy) is 1. The molecule has 1 aliphatic rings. The second-order valence-corrected chi connectivity index (χ2v) is 5.78. The molecule has 0 bridgehead atoms. The van der Waals surface area contributed by atoms with Gasteiger partial charge in [-0.2, -0.15) is 0 Å². The van der Waals surface area contributed by atoms with Gasteiger partial charge in [-0.15, -0.1) is 0 Å². The first kappa shape index (κ1) is 12.9. The average molecular weight is 247 g/mol. The second kappa shape index (κ2) is 5.01. The van der Waals surface area contributed by atoms with Gasteiger partial charge in [-0.3, -0.25) is 4.79 Å². The summed E-state index contributed by atoms with van der Waals surface area (Å²) in [7, 11) is 1.59. The van der Waals surface area contributed by atoms with Crippen molar-refractivity contribution in [3.05, 3.63) is 29.8 Å².